The van der Waals surface area contributed by atoms with Gasteiger partial charge in [0.2, 0.25) is 5.91 Å². The highest BCUT2D eigenvalue weighted by molar-refractivity contribution is 5.81. The third-order valence-corrected chi connectivity index (χ3v) is 2.51. The van der Waals surface area contributed by atoms with E-state index in [1.807, 2.05) is 6.92 Å². The van der Waals surface area contributed by atoms with Crippen LogP contribution in [0.25, 0.3) is 0 Å². The van der Waals surface area contributed by atoms with E-state index < -0.39 is 18.1 Å². The van der Waals surface area contributed by atoms with Gasteiger partial charge in [0.05, 0.1) is 18.6 Å². The Balaban J connectivity index is 4.01. The van der Waals surface area contributed by atoms with E-state index in [4.69, 9.17) is 15.6 Å². The van der Waals surface area contributed by atoms with E-state index in [2.05, 4.69) is 5.32 Å². The maximum atomic E-state index is 11.6. The van der Waals surface area contributed by atoms with Gasteiger partial charge in [-0.15, -0.1) is 0 Å². The third kappa shape index (κ3) is 8.03. The molecule has 106 valence electrons. The van der Waals surface area contributed by atoms with Crippen LogP contribution in [0.1, 0.15) is 39.5 Å². The minimum absolute atomic E-state index is 0.127. The molecule has 0 aliphatic heterocycles. The number of hydrogen-bond donors (Lipinski definition) is 3. The fourth-order valence-corrected chi connectivity index (χ4v) is 1.52. The van der Waals surface area contributed by atoms with Crippen LogP contribution in [0.4, 0.5) is 0 Å². The summed E-state index contributed by atoms with van der Waals surface area (Å²) < 4.78 is 5.23. The number of rotatable bonds is 10. The average molecular weight is 260 g/mol. The van der Waals surface area contributed by atoms with E-state index in [0.29, 0.717) is 13.0 Å². The lowest BCUT2D eigenvalue weighted by molar-refractivity contribution is -0.140. The highest BCUT2D eigenvalue weighted by Gasteiger charge is 2.17. The molecule has 0 radical (unpaired) electrons. The lowest BCUT2D eigenvalue weighted by Crippen LogP contribution is -2.44. The minimum atomic E-state index is -0.946. The zero-order valence-electron chi connectivity index (χ0n) is 11.1. The van der Waals surface area contributed by atoms with Gasteiger partial charge in [0.15, 0.2) is 0 Å². The molecular formula is C12H24N2O4. The van der Waals surface area contributed by atoms with Crippen molar-refractivity contribution in [3.8, 4) is 0 Å². The number of hydrogen-bond acceptors (Lipinski definition) is 4. The normalized spacial score (nSPS) is 13.9. The van der Waals surface area contributed by atoms with Crippen LogP contribution in [0.3, 0.4) is 0 Å². The molecule has 0 heterocycles. The van der Waals surface area contributed by atoms with Gasteiger partial charge in [-0.05, 0) is 13.3 Å². The number of nitrogens with one attached hydrogen (secondary N) is 1. The van der Waals surface area contributed by atoms with Gasteiger partial charge in [-0.1, -0.05) is 19.8 Å². The van der Waals surface area contributed by atoms with E-state index in [0.717, 1.165) is 12.8 Å². The van der Waals surface area contributed by atoms with Gasteiger partial charge in [0, 0.05) is 13.2 Å². The van der Waals surface area contributed by atoms with Gasteiger partial charge in [0.25, 0.3) is 0 Å². The highest BCUT2D eigenvalue weighted by atomic mass is 16.5. The van der Waals surface area contributed by atoms with Gasteiger partial charge >= 0.3 is 5.97 Å². The molecule has 0 spiro atoms. The van der Waals surface area contributed by atoms with E-state index >= 15 is 0 Å². The maximum Gasteiger partial charge on any atom is 0.306 e. The Morgan fingerprint density at radius 3 is 2.56 bits per heavy atom. The number of nitrogens with two attached hydrogens (primary N) is 1. The summed E-state index contributed by atoms with van der Waals surface area (Å²) in [6.45, 7) is 4.40. The van der Waals surface area contributed by atoms with Crippen molar-refractivity contribution in [3.05, 3.63) is 0 Å². The summed E-state index contributed by atoms with van der Waals surface area (Å²) >= 11 is 0. The van der Waals surface area contributed by atoms with Gasteiger partial charge in [-0.2, -0.15) is 0 Å². The lowest BCUT2D eigenvalue weighted by Gasteiger charge is -2.17. The number of carboxylic acid groups (broad SMARTS) is 1. The average Bonchev–Trinajstić information content (AvgIpc) is 2.32. The predicted molar refractivity (Wildman–Crippen MR) is 68.2 cm³/mol. The second-order valence-corrected chi connectivity index (χ2v) is 4.17. The summed E-state index contributed by atoms with van der Waals surface area (Å²) in [5.74, 6) is -1.20. The van der Waals surface area contributed by atoms with E-state index in [9.17, 15) is 9.59 Å². The summed E-state index contributed by atoms with van der Waals surface area (Å²) in [6, 6.07) is -0.531. The van der Waals surface area contributed by atoms with Gasteiger partial charge in [-0.3, -0.25) is 9.59 Å². The molecule has 6 heteroatoms. The first-order valence-electron chi connectivity index (χ1n) is 6.37. The van der Waals surface area contributed by atoms with Gasteiger partial charge in [0.1, 0.15) is 0 Å². The molecule has 0 aromatic heterocycles. The standard InChI is InChI=1S/C12H24N2O4/c1-3-5-6-10(13)12(17)14-8-9(18-4-2)7-11(15)16/h9-10H,3-8,13H2,1-2H3,(H,14,17)(H,15,16). The van der Waals surface area contributed by atoms with Crippen molar-refractivity contribution in [2.24, 2.45) is 5.73 Å². The topological polar surface area (TPSA) is 102 Å². The fraction of sp³-hybridized carbons (Fsp3) is 0.833. The smallest absolute Gasteiger partial charge is 0.306 e. The molecule has 0 fully saturated rings. The first-order valence-corrected chi connectivity index (χ1v) is 6.37. The van der Waals surface area contributed by atoms with Crippen LogP contribution < -0.4 is 11.1 Å². The lowest BCUT2D eigenvalue weighted by atomic mass is 10.1. The van der Waals surface area contributed by atoms with Crippen molar-refractivity contribution >= 4 is 11.9 Å². The summed E-state index contributed by atoms with van der Waals surface area (Å²) in [7, 11) is 0. The third-order valence-electron chi connectivity index (χ3n) is 2.51. The summed E-state index contributed by atoms with van der Waals surface area (Å²) in [5, 5.41) is 11.3. The van der Waals surface area contributed by atoms with Gasteiger partial charge in [-0.25, -0.2) is 0 Å². The van der Waals surface area contributed by atoms with Crippen LogP contribution in [-0.4, -0.2) is 42.3 Å². The Hall–Kier alpha value is -1.14. The number of carbonyl (C=O) groups excluding carboxylic acids is 1. The largest absolute Gasteiger partial charge is 0.481 e. The quantitative estimate of drug-likeness (QED) is 0.531. The number of amides is 1. The zero-order valence-corrected chi connectivity index (χ0v) is 11.1. The molecule has 0 bridgehead atoms. The van der Waals surface area contributed by atoms with E-state index in [1.54, 1.807) is 6.92 Å². The monoisotopic (exact) mass is 260 g/mol. The van der Waals surface area contributed by atoms with Crippen LogP contribution >= 0.6 is 0 Å². The Bertz CT molecular complexity index is 258. The van der Waals surface area contributed by atoms with Crippen molar-refractivity contribution in [1.29, 1.82) is 0 Å². The molecule has 4 N–H and O–H groups in total. The highest BCUT2D eigenvalue weighted by Crippen LogP contribution is 2.00. The molecular weight excluding hydrogens is 236 g/mol. The number of ether oxygens (including phenoxy) is 1. The molecule has 18 heavy (non-hydrogen) atoms. The second-order valence-electron chi connectivity index (χ2n) is 4.17. The molecule has 6 nitrogen and oxygen atoms in total. The molecule has 2 unspecified atom stereocenters. The van der Waals surface area contributed by atoms with Crippen LogP contribution in [-0.2, 0) is 14.3 Å². The molecule has 1 amide bonds. The SMILES string of the molecule is CCCCC(N)C(=O)NCC(CC(=O)O)OCC. The molecule has 0 saturated carbocycles. The molecule has 0 aliphatic rings. The molecule has 0 aliphatic carbocycles. The van der Waals surface area contributed by atoms with Crippen molar-refractivity contribution in [2.75, 3.05) is 13.2 Å². The Morgan fingerprint density at radius 1 is 1.39 bits per heavy atom. The van der Waals surface area contributed by atoms with E-state index in [1.165, 1.54) is 0 Å². The van der Waals surface area contributed by atoms with Crippen molar-refractivity contribution in [3.63, 3.8) is 0 Å². The van der Waals surface area contributed by atoms with Crippen molar-refractivity contribution < 1.29 is 19.4 Å². The number of unbranched alkanes of at least 4 members (excludes halogenated alkanes) is 1. The second kappa shape index (κ2) is 9.85. The van der Waals surface area contributed by atoms with Crippen LogP contribution in [0.5, 0.6) is 0 Å². The number of aliphatic carboxylic acids is 1. The van der Waals surface area contributed by atoms with Crippen LogP contribution in [0, 0.1) is 0 Å². The van der Waals surface area contributed by atoms with Crippen LogP contribution in [0.2, 0.25) is 0 Å². The number of carboxylic acids is 1. The summed E-state index contributed by atoms with van der Waals surface area (Å²) in [4.78, 5) is 22.2. The van der Waals surface area contributed by atoms with E-state index in [-0.39, 0.29) is 18.9 Å². The Labute approximate surface area is 108 Å². The fourth-order valence-electron chi connectivity index (χ4n) is 1.52. The molecule has 2 atom stereocenters. The minimum Gasteiger partial charge on any atom is -0.481 e. The van der Waals surface area contributed by atoms with Crippen LogP contribution in [0.15, 0.2) is 0 Å². The molecule has 0 aromatic carbocycles. The van der Waals surface area contributed by atoms with Crippen molar-refractivity contribution in [1.82, 2.24) is 5.32 Å². The summed E-state index contributed by atoms with van der Waals surface area (Å²) in [6.07, 6.45) is 1.90. The molecule has 0 saturated heterocycles. The van der Waals surface area contributed by atoms with Gasteiger partial charge < -0.3 is 20.9 Å². The molecule has 0 rings (SSSR count). The predicted octanol–water partition coefficient (Wildman–Crippen LogP) is 0.500. The molecule has 0 aromatic rings. The first-order chi connectivity index (χ1) is 8.51. The zero-order chi connectivity index (χ0) is 14.0. The maximum absolute atomic E-state index is 11.6. The summed E-state index contributed by atoms with van der Waals surface area (Å²) in [5.41, 5.74) is 5.70. The van der Waals surface area contributed by atoms with Crippen molar-refractivity contribution in [2.45, 2.75) is 51.7 Å². The first kappa shape index (κ1) is 16.9. The number of carbonyl (C=O) groups is 2. The Kier molecular flexibility index (Phi) is 9.22. The Morgan fingerprint density at radius 2 is 2.06 bits per heavy atom.